The van der Waals surface area contributed by atoms with Gasteiger partial charge in [0.05, 0.1) is 17.0 Å². The van der Waals surface area contributed by atoms with Crippen LogP contribution in [0.1, 0.15) is 5.56 Å². The van der Waals surface area contributed by atoms with Gasteiger partial charge >= 0.3 is 0 Å². The second kappa shape index (κ2) is 5.05. The minimum Gasteiger partial charge on any atom is -0.338 e. The summed E-state index contributed by atoms with van der Waals surface area (Å²) in [6.07, 6.45) is 1.36. The van der Waals surface area contributed by atoms with Gasteiger partial charge in [0.15, 0.2) is 5.82 Å². The van der Waals surface area contributed by atoms with Gasteiger partial charge in [-0.1, -0.05) is 17.7 Å². The molecule has 0 saturated heterocycles. The fourth-order valence-electron chi connectivity index (χ4n) is 1.32. The molecule has 0 unspecified atom stereocenters. The number of aryl methyl sites for hydroxylation is 1. The van der Waals surface area contributed by atoms with Gasteiger partial charge in [-0.25, -0.2) is 4.98 Å². The first kappa shape index (κ1) is 12.4. The molecule has 0 amide bonds. The van der Waals surface area contributed by atoms with Crippen LogP contribution in [0, 0.1) is 10.5 Å². The van der Waals surface area contributed by atoms with Crippen LogP contribution in [-0.2, 0) is 0 Å². The average molecular weight is 362 g/mol. The number of aromatic amines is 1. The first-order valence-electron chi connectivity index (χ1n) is 4.84. The van der Waals surface area contributed by atoms with E-state index in [-0.39, 0.29) is 5.56 Å². The molecule has 0 radical (unpaired) electrons. The second-order valence-corrected chi connectivity index (χ2v) is 4.99. The molecular weight excluding hydrogens is 352 g/mol. The maximum Gasteiger partial charge on any atom is 0.266 e. The molecule has 0 fully saturated rings. The molecule has 1 aromatic heterocycles. The monoisotopic (exact) mass is 361 g/mol. The summed E-state index contributed by atoms with van der Waals surface area (Å²) in [5, 5.41) is 3.64. The van der Waals surface area contributed by atoms with E-state index in [0.717, 1.165) is 11.3 Å². The topological polar surface area (TPSA) is 57.8 Å². The number of aromatic nitrogens is 2. The maximum absolute atomic E-state index is 11.4. The first-order valence-corrected chi connectivity index (χ1v) is 6.30. The van der Waals surface area contributed by atoms with E-state index >= 15 is 0 Å². The molecule has 0 bridgehead atoms. The van der Waals surface area contributed by atoms with E-state index in [2.05, 4.69) is 15.3 Å². The normalized spacial score (nSPS) is 10.3. The quantitative estimate of drug-likeness (QED) is 0.808. The summed E-state index contributed by atoms with van der Waals surface area (Å²) < 4.78 is 0.502. The Labute approximate surface area is 117 Å². The van der Waals surface area contributed by atoms with Crippen LogP contribution < -0.4 is 10.9 Å². The zero-order valence-corrected chi connectivity index (χ0v) is 11.8. The summed E-state index contributed by atoms with van der Waals surface area (Å²) in [5.41, 5.74) is 1.63. The van der Waals surface area contributed by atoms with Crippen molar-refractivity contribution in [3.8, 4) is 0 Å². The van der Waals surface area contributed by atoms with Crippen LogP contribution in [0.2, 0.25) is 5.02 Å². The third-order valence-corrected chi connectivity index (χ3v) is 3.49. The summed E-state index contributed by atoms with van der Waals surface area (Å²) in [4.78, 5) is 18.0. The van der Waals surface area contributed by atoms with E-state index in [4.69, 9.17) is 11.6 Å². The molecule has 0 aliphatic heterocycles. The molecule has 0 saturated carbocycles. The Morgan fingerprint density at radius 3 is 2.94 bits per heavy atom. The minimum absolute atomic E-state index is 0.175. The van der Waals surface area contributed by atoms with Gasteiger partial charge in [0, 0.05) is 0 Å². The average Bonchev–Trinajstić information content (AvgIpc) is 2.28. The Morgan fingerprint density at radius 2 is 2.24 bits per heavy atom. The number of nitrogens with zero attached hydrogens (tertiary/aromatic N) is 1. The van der Waals surface area contributed by atoms with Gasteiger partial charge in [-0.2, -0.15) is 0 Å². The van der Waals surface area contributed by atoms with Crippen molar-refractivity contribution in [1.82, 2.24) is 9.97 Å². The fraction of sp³-hybridized carbons (Fsp3) is 0.0909. The Morgan fingerprint density at radius 1 is 1.47 bits per heavy atom. The lowest BCUT2D eigenvalue weighted by Crippen LogP contribution is -2.13. The van der Waals surface area contributed by atoms with Gasteiger partial charge < -0.3 is 10.3 Å². The molecule has 0 atom stereocenters. The van der Waals surface area contributed by atoms with Crippen LogP contribution in [0.5, 0.6) is 0 Å². The first-order chi connectivity index (χ1) is 8.08. The molecular formula is C11H9ClIN3O. The summed E-state index contributed by atoms with van der Waals surface area (Å²) in [5.74, 6) is 0.500. The zero-order chi connectivity index (χ0) is 12.4. The Bertz CT molecular complexity index is 612. The Hall–Kier alpha value is -1.08. The minimum atomic E-state index is -0.175. The largest absolute Gasteiger partial charge is 0.338 e. The van der Waals surface area contributed by atoms with Gasteiger partial charge in [-0.3, -0.25) is 4.79 Å². The van der Waals surface area contributed by atoms with Crippen LogP contribution in [0.15, 0.2) is 29.3 Å². The van der Waals surface area contributed by atoms with Crippen LogP contribution in [0.3, 0.4) is 0 Å². The number of rotatable bonds is 2. The van der Waals surface area contributed by atoms with Crippen LogP contribution in [-0.4, -0.2) is 9.97 Å². The number of hydrogen-bond acceptors (Lipinski definition) is 3. The van der Waals surface area contributed by atoms with E-state index in [1.807, 2.05) is 47.7 Å². The molecule has 6 heteroatoms. The standard InChI is InChI=1S/C11H9ClIN3O/c1-6-2-3-8(7(12)4-6)16-10-9(13)11(17)15-5-14-10/h2-5H,1H3,(H2,14,15,16,17). The molecule has 88 valence electrons. The number of H-pyrrole nitrogens is 1. The molecule has 2 rings (SSSR count). The van der Waals surface area contributed by atoms with E-state index < -0.39 is 0 Å². The van der Waals surface area contributed by atoms with Crippen molar-refractivity contribution in [2.75, 3.05) is 5.32 Å². The maximum atomic E-state index is 11.4. The van der Waals surface area contributed by atoms with Crippen LogP contribution >= 0.6 is 34.2 Å². The van der Waals surface area contributed by atoms with E-state index in [9.17, 15) is 4.79 Å². The third-order valence-electron chi connectivity index (χ3n) is 2.17. The highest BCUT2D eigenvalue weighted by atomic mass is 127. The summed E-state index contributed by atoms with van der Waals surface area (Å²) in [6, 6.07) is 5.65. The molecule has 1 heterocycles. The number of hydrogen-bond donors (Lipinski definition) is 2. The highest BCUT2D eigenvalue weighted by Crippen LogP contribution is 2.26. The number of anilines is 2. The molecule has 4 nitrogen and oxygen atoms in total. The molecule has 2 N–H and O–H groups in total. The van der Waals surface area contributed by atoms with E-state index in [1.165, 1.54) is 6.33 Å². The predicted molar refractivity (Wildman–Crippen MR) is 77.0 cm³/mol. The number of halogens is 2. The molecule has 17 heavy (non-hydrogen) atoms. The summed E-state index contributed by atoms with van der Waals surface area (Å²) >= 11 is 8.03. The van der Waals surface area contributed by atoms with E-state index in [1.54, 1.807) is 0 Å². The molecule has 0 aliphatic carbocycles. The predicted octanol–water partition coefficient (Wildman–Crippen LogP) is 3.08. The fourth-order valence-corrected chi connectivity index (χ4v) is 2.03. The van der Waals surface area contributed by atoms with Crippen LogP contribution in [0.25, 0.3) is 0 Å². The molecule has 2 aromatic rings. The van der Waals surface area contributed by atoms with Crippen molar-refractivity contribution in [2.45, 2.75) is 6.92 Å². The van der Waals surface area contributed by atoms with Crippen LogP contribution in [0.4, 0.5) is 11.5 Å². The second-order valence-electron chi connectivity index (χ2n) is 3.50. The van der Waals surface area contributed by atoms with Crippen molar-refractivity contribution in [3.63, 3.8) is 0 Å². The van der Waals surface area contributed by atoms with Crippen molar-refractivity contribution in [2.24, 2.45) is 0 Å². The highest BCUT2D eigenvalue weighted by molar-refractivity contribution is 14.1. The van der Waals surface area contributed by atoms with Gasteiger partial charge in [0.25, 0.3) is 5.56 Å². The van der Waals surface area contributed by atoms with Crippen molar-refractivity contribution >= 4 is 45.7 Å². The van der Waals surface area contributed by atoms with Crippen molar-refractivity contribution in [3.05, 3.63) is 49.0 Å². The number of benzene rings is 1. The smallest absolute Gasteiger partial charge is 0.266 e. The highest BCUT2D eigenvalue weighted by Gasteiger charge is 2.07. The van der Waals surface area contributed by atoms with Gasteiger partial charge in [0.2, 0.25) is 0 Å². The summed E-state index contributed by atoms with van der Waals surface area (Å²) in [6.45, 7) is 1.96. The SMILES string of the molecule is Cc1ccc(Nc2nc[nH]c(=O)c2I)c(Cl)c1. The zero-order valence-electron chi connectivity index (χ0n) is 8.92. The van der Waals surface area contributed by atoms with Crippen molar-refractivity contribution < 1.29 is 0 Å². The molecule has 0 aliphatic rings. The Kier molecular flexibility index (Phi) is 3.68. The lowest BCUT2D eigenvalue weighted by molar-refractivity contribution is 1.10. The van der Waals surface area contributed by atoms with Gasteiger partial charge in [-0.15, -0.1) is 0 Å². The molecule has 0 spiro atoms. The third kappa shape index (κ3) is 2.78. The lowest BCUT2D eigenvalue weighted by atomic mass is 10.2. The van der Waals surface area contributed by atoms with E-state index in [0.29, 0.717) is 14.4 Å². The summed E-state index contributed by atoms with van der Waals surface area (Å²) in [7, 11) is 0. The van der Waals surface area contributed by atoms with Gasteiger partial charge in [0.1, 0.15) is 3.57 Å². The van der Waals surface area contributed by atoms with Crippen molar-refractivity contribution in [1.29, 1.82) is 0 Å². The Balaban J connectivity index is 2.38. The number of nitrogens with one attached hydrogen (secondary N) is 2. The van der Waals surface area contributed by atoms with Gasteiger partial charge in [-0.05, 0) is 47.2 Å². The lowest BCUT2D eigenvalue weighted by Gasteiger charge is -2.08. The molecule has 1 aromatic carbocycles.